The molecule has 0 aliphatic carbocycles. The molecule has 1 aromatic carbocycles. The van der Waals surface area contributed by atoms with E-state index < -0.39 is 0 Å². The van der Waals surface area contributed by atoms with Gasteiger partial charge < -0.3 is 9.64 Å². The fourth-order valence-electron chi connectivity index (χ4n) is 3.63. The number of fused-ring (bicyclic) bond motifs is 1. The average Bonchev–Trinajstić information content (AvgIpc) is 3.22. The van der Waals surface area contributed by atoms with E-state index in [4.69, 9.17) is 4.74 Å². The van der Waals surface area contributed by atoms with E-state index in [9.17, 15) is 4.79 Å². The topological polar surface area (TPSA) is 61.5 Å². The molecule has 2 saturated heterocycles. The van der Waals surface area contributed by atoms with Crippen molar-refractivity contribution in [2.45, 2.75) is 25.6 Å². The Balaban J connectivity index is 1.47. The van der Waals surface area contributed by atoms with Crippen LogP contribution in [0.15, 0.2) is 36.4 Å². The normalized spacial score (nSPS) is 24.1. The molecule has 4 rings (SSSR count). The van der Waals surface area contributed by atoms with E-state index in [0.29, 0.717) is 18.8 Å². The summed E-state index contributed by atoms with van der Waals surface area (Å²) in [5.74, 6) is -0.0167. The fraction of sp³-hybridized carbons (Fsp3) is 0.444. The van der Waals surface area contributed by atoms with E-state index in [1.165, 1.54) is 5.56 Å². The third kappa shape index (κ3) is 2.95. The number of carbonyl (C=O) groups excluding carboxylic acids is 1. The molecule has 0 spiro atoms. The first-order valence-electron chi connectivity index (χ1n) is 8.41. The van der Waals surface area contributed by atoms with Crippen molar-refractivity contribution in [1.82, 2.24) is 20.0 Å². The monoisotopic (exact) mass is 326 g/mol. The highest BCUT2D eigenvalue weighted by atomic mass is 16.5. The summed E-state index contributed by atoms with van der Waals surface area (Å²) in [6, 6.07) is 12.5. The molecule has 2 aromatic rings. The first-order chi connectivity index (χ1) is 11.7. The molecular formula is C18H22N4O2. The molecule has 0 unspecified atom stereocenters. The first-order valence-corrected chi connectivity index (χ1v) is 8.41. The lowest BCUT2D eigenvalue weighted by atomic mass is 10.1. The summed E-state index contributed by atoms with van der Waals surface area (Å²) >= 11 is 0. The molecule has 1 aromatic heterocycles. The smallest absolute Gasteiger partial charge is 0.274 e. The van der Waals surface area contributed by atoms with Gasteiger partial charge in [0.05, 0.1) is 18.8 Å². The Morgan fingerprint density at radius 1 is 1.33 bits per heavy atom. The van der Waals surface area contributed by atoms with Crippen molar-refractivity contribution in [3.8, 4) is 0 Å². The van der Waals surface area contributed by atoms with Gasteiger partial charge in [-0.15, -0.1) is 0 Å². The maximum absolute atomic E-state index is 12.6. The zero-order valence-electron chi connectivity index (χ0n) is 13.8. The minimum atomic E-state index is -0.0167. The minimum absolute atomic E-state index is 0.0167. The molecule has 2 aliphatic heterocycles. The number of amides is 1. The number of hydrogen-bond donors (Lipinski definition) is 1. The highest BCUT2D eigenvalue weighted by Gasteiger charge is 2.42. The largest absolute Gasteiger partial charge is 0.373 e. The van der Waals surface area contributed by atoms with Crippen LogP contribution in [0.5, 0.6) is 0 Å². The zero-order valence-corrected chi connectivity index (χ0v) is 13.8. The fourth-order valence-corrected chi connectivity index (χ4v) is 3.63. The van der Waals surface area contributed by atoms with Gasteiger partial charge >= 0.3 is 0 Å². The Hall–Kier alpha value is -2.18. The number of nitrogens with zero attached hydrogens (tertiary/aromatic N) is 3. The lowest BCUT2D eigenvalue weighted by molar-refractivity contribution is -0.0503. The van der Waals surface area contributed by atoms with Crippen LogP contribution >= 0.6 is 0 Å². The number of aromatic nitrogens is 2. The number of H-pyrrole nitrogens is 1. The van der Waals surface area contributed by atoms with E-state index in [0.717, 1.165) is 25.4 Å². The van der Waals surface area contributed by atoms with Gasteiger partial charge in [-0.25, -0.2) is 0 Å². The highest BCUT2D eigenvalue weighted by Crippen LogP contribution is 2.25. The molecule has 0 bridgehead atoms. The van der Waals surface area contributed by atoms with Crippen LogP contribution in [0.4, 0.5) is 0 Å². The molecule has 3 heterocycles. The molecule has 6 heteroatoms. The van der Waals surface area contributed by atoms with E-state index in [1.54, 1.807) is 6.07 Å². The van der Waals surface area contributed by atoms with Crippen molar-refractivity contribution in [3.63, 3.8) is 0 Å². The van der Waals surface area contributed by atoms with Gasteiger partial charge in [0.1, 0.15) is 5.69 Å². The lowest BCUT2D eigenvalue weighted by Crippen LogP contribution is -2.50. The highest BCUT2D eigenvalue weighted by molar-refractivity contribution is 5.92. The van der Waals surface area contributed by atoms with Crippen molar-refractivity contribution in [2.75, 3.05) is 26.2 Å². The molecule has 0 saturated carbocycles. The van der Waals surface area contributed by atoms with Gasteiger partial charge in [0.2, 0.25) is 0 Å². The number of benzene rings is 1. The van der Waals surface area contributed by atoms with Gasteiger partial charge in [0.15, 0.2) is 0 Å². The molecule has 126 valence electrons. The van der Waals surface area contributed by atoms with Crippen LogP contribution in [0.25, 0.3) is 0 Å². The predicted octanol–water partition coefficient (Wildman–Crippen LogP) is 1.44. The molecule has 2 fully saturated rings. The van der Waals surface area contributed by atoms with Crippen LogP contribution in [0.1, 0.15) is 21.7 Å². The third-order valence-electron chi connectivity index (χ3n) is 4.86. The summed E-state index contributed by atoms with van der Waals surface area (Å²) in [7, 11) is 0. The molecule has 2 atom stereocenters. The standard InChI is InChI=1S/C18H22N4O2/c1-13-9-15(20-19-13)18(23)22-11-16-17(12-22)24-8-7-21(16)10-14-5-3-2-4-6-14/h2-6,9,16-17H,7-8,10-12H2,1H3,(H,19,20)/t16-,17-/m1/s1. The van der Waals surface area contributed by atoms with Gasteiger partial charge in [-0.2, -0.15) is 5.10 Å². The van der Waals surface area contributed by atoms with Crippen molar-refractivity contribution in [1.29, 1.82) is 0 Å². The number of aromatic amines is 1. The number of morpholine rings is 1. The second-order valence-corrected chi connectivity index (χ2v) is 6.58. The van der Waals surface area contributed by atoms with Crippen LogP contribution in [-0.2, 0) is 11.3 Å². The summed E-state index contributed by atoms with van der Waals surface area (Å²) in [5, 5.41) is 6.93. The number of hydrogen-bond acceptors (Lipinski definition) is 4. The van der Waals surface area contributed by atoms with Gasteiger partial charge in [0.25, 0.3) is 5.91 Å². The molecular weight excluding hydrogens is 304 g/mol. The maximum atomic E-state index is 12.6. The first kappa shape index (κ1) is 15.4. The van der Waals surface area contributed by atoms with Crippen LogP contribution in [0, 0.1) is 6.92 Å². The van der Waals surface area contributed by atoms with Crippen molar-refractivity contribution >= 4 is 5.91 Å². The minimum Gasteiger partial charge on any atom is -0.373 e. The maximum Gasteiger partial charge on any atom is 0.274 e. The summed E-state index contributed by atoms with van der Waals surface area (Å²) in [4.78, 5) is 16.9. The van der Waals surface area contributed by atoms with Crippen molar-refractivity contribution in [2.24, 2.45) is 0 Å². The van der Waals surface area contributed by atoms with E-state index >= 15 is 0 Å². The number of likely N-dealkylation sites (tertiary alicyclic amines) is 1. The average molecular weight is 326 g/mol. The van der Waals surface area contributed by atoms with Crippen LogP contribution in [0.2, 0.25) is 0 Å². The second kappa shape index (κ2) is 6.37. The quantitative estimate of drug-likeness (QED) is 0.927. The van der Waals surface area contributed by atoms with E-state index in [-0.39, 0.29) is 18.1 Å². The van der Waals surface area contributed by atoms with Crippen molar-refractivity contribution < 1.29 is 9.53 Å². The number of carbonyl (C=O) groups is 1. The van der Waals surface area contributed by atoms with Gasteiger partial charge in [-0.05, 0) is 18.6 Å². The molecule has 0 radical (unpaired) electrons. The summed E-state index contributed by atoms with van der Waals surface area (Å²) in [6.07, 6.45) is 0.0893. The molecule has 1 amide bonds. The van der Waals surface area contributed by atoms with Gasteiger partial charge in [-0.1, -0.05) is 30.3 Å². The van der Waals surface area contributed by atoms with E-state index in [2.05, 4.69) is 39.4 Å². The van der Waals surface area contributed by atoms with Gasteiger partial charge in [0, 0.05) is 31.9 Å². The number of nitrogens with one attached hydrogen (secondary N) is 1. The summed E-state index contributed by atoms with van der Waals surface area (Å²) in [6.45, 7) is 5.76. The number of aryl methyl sites for hydroxylation is 1. The number of ether oxygens (including phenoxy) is 1. The van der Waals surface area contributed by atoms with E-state index in [1.807, 2.05) is 17.9 Å². The van der Waals surface area contributed by atoms with Crippen LogP contribution < -0.4 is 0 Å². The Morgan fingerprint density at radius 2 is 2.17 bits per heavy atom. The summed E-state index contributed by atoms with van der Waals surface area (Å²) < 4.78 is 5.93. The molecule has 24 heavy (non-hydrogen) atoms. The SMILES string of the molecule is Cc1cc(C(=O)N2C[C@@H]3[C@@H](C2)OCCN3Cc2ccccc2)n[nH]1. The Labute approximate surface area is 141 Å². The summed E-state index contributed by atoms with van der Waals surface area (Å²) in [5.41, 5.74) is 2.68. The van der Waals surface area contributed by atoms with Crippen LogP contribution in [-0.4, -0.2) is 64.3 Å². The second-order valence-electron chi connectivity index (χ2n) is 6.58. The number of rotatable bonds is 3. The third-order valence-corrected chi connectivity index (χ3v) is 4.86. The van der Waals surface area contributed by atoms with Gasteiger partial charge in [-0.3, -0.25) is 14.8 Å². The Morgan fingerprint density at radius 3 is 2.92 bits per heavy atom. The van der Waals surface area contributed by atoms with Crippen molar-refractivity contribution in [3.05, 3.63) is 53.3 Å². The Kier molecular flexibility index (Phi) is 4.08. The molecule has 1 N–H and O–H groups in total. The Bertz CT molecular complexity index is 715. The molecule has 6 nitrogen and oxygen atoms in total. The lowest BCUT2D eigenvalue weighted by Gasteiger charge is -2.36. The van der Waals surface area contributed by atoms with Crippen LogP contribution in [0.3, 0.4) is 0 Å². The predicted molar refractivity (Wildman–Crippen MR) is 89.6 cm³/mol. The zero-order chi connectivity index (χ0) is 16.5. The molecule has 2 aliphatic rings.